The molecule has 2 aliphatic heterocycles. The van der Waals surface area contributed by atoms with Crippen molar-refractivity contribution >= 4 is 27.9 Å². The number of carbonyl (C=O) groups is 2. The number of hydrogen-bond acceptors (Lipinski definition) is 8. The van der Waals surface area contributed by atoms with E-state index in [1.165, 1.54) is 4.31 Å². The molecule has 12 heteroatoms. The highest BCUT2D eigenvalue weighted by atomic mass is 32.2. The topological polar surface area (TPSA) is 135 Å². The van der Waals surface area contributed by atoms with E-state index in [4.69, 9.17) is 14.6 Å². The van der Waals surface area contributed by atoms with Crippen LogP contribution in [-0.4, -0.2) is 79.2 Å². The van der Waals surface area contributed by atoms with Gasteiger partial charge in [-0.25, -0.2) is 13.1 Å². The van der Waals surface area contributed by atoms with Gasteiger partial charge in [-0.05, 0) is 67.0 Å². The lowest BCUT2D eigenvalue weighted by molar-refractivity contribution is -0.140. The zero-order valence-electron chi connectivity index (χ0n) is 26.5. The van der Waals surface area contributed by atoms with Gasteiger partial charge in [0.15, 0.2) is 0 Å². The summed E-state index contributed by atoms with van der Waals surface area (Å²) in [5.41, 5.74) is 3.40. The number of aromatic nitrogens is 2. The first kappa shape index (κ1) is 32.6. The lowest BCUT2D eigenvalue weighted by atomic mass is 9.93. The van der Waals surface area contributed by atoms with E-state index >= 15 is 0 Å². The average Bonchev–Trinajstić information content (AvgIpc) is 3.55. The number of amides is 2. The van der Waals surface area contributed by atoms with Crippen LogP contribution in [0.4, 0.5) is 0 Å². The van der Waals surface area contributed by atoms with Gasteiger partial charge in [0, 0.05) is 42.5 Å². The zero-order valence-corrected chi connectivity index (χ0v) is 27.3. The molecule has 48 heavy (non-hydrogen) atoms. The van der Waals surface area contributed by atoms with Crippen LogP contribution in [0.2, 0.25) is 0 Å². The smallest absolute Gasteiger partial charge is 0.271 e. The molecule has 0 unspecified atom stereocenters. The molecule has 6 rings (SSSR count). The molecule has 2 aliphatic rings. The highest BCUT2D eigenvalue weighted by molar-refractivity contribution is 7.89. The fraction of sp³-hybridized carbons (Fsp3) is 0.222. The highest BCUT2D eigenvalue weighted by Gasteiger charge is 2.35. The Morgan fingerprint density at radius 1 is 0.979 bits per heavy atom. The van der Waals surface area contributed by atoms with Gasteiger partial charge in [-0.1, -0.05) is 42.5 Å². The number of sulfonamides is 1. The summed E-state index contributed by atoms with van der Waals surface area (Å²) in [7, 11) is -2.22. The number of methoxy groups -OCH3 is 1. The molecule has 1 saturated heterocycles. The fourth-order valence-corrected chi connectivity index (χ4v) is 7.15. The highest BCUT2D eigenvalue weighted by Crippen LogP contribution is 2.32. The van der Waals surface area contributed by atoms with Crippen molar-refractivity contribution in [3.05, 3.63) is 113 Å². The Labute approximate surface area is 279 Å². The van der Waals surface area contributed by atoms with E-state index in [1.54, 1.807) is 67.4 Å². The van der Waals surface area contributed by atoms with Gasteiger partial charge >= 0.3 is 0 Å². The van der Waals surface area contributed by atoms with Crippen LogP contribution >= 0.6 is 0 Å². The minimum absolute atomic E-state index is 0.0668. The summed E-state index contributed by atoms with van der Waals surface area (Å²) in [5.74, 6) is -0.491. The van der Waals surface area contributed by atoms with E-state index in [1.807, 2.05) is 48.5 Å². The van der Waals surface area contributed by atoms with Crippen LogP contribution < -0.4 is 4.74 Å². The molecule has 0 saturated carbocycles. The van der Waals surface area contributed by atoms with E-state index in [2.05, 4.69) is 0 Å². The van der Waals surface area contributed by atoms with Gasteiger partial charge in [0.25, 0.3) is 11.8 Å². The van der Waals surface area contributed by atoms with Gasteiger partial charge < -0.3 is 9.47 Å². The Morgan fingerprint density at radius 2 is 1.71 bits per heavy atom. The molecular weight excluding hydrogens is 630 g/mol. The quantitative estimate of drug-likeness (QED) is 0.190. The minimum Gasteiger partial charge on any atom is -0.497 e. The second kappa shape index (κ2) is 13.8. The summed E-state index contributed by atoms with van der Waals surface area (Å²) in [5, 5.41) is 14.8. The Balaban J connectivity index is 1.42. The number of carbonyl (C=O) groups excluding carboxylic acids is 2. The van der Waals surface area contributed by atoms with E-state index in [0.717, 1.165) is 16.2 Å². The normalized spacial score (nSPS) is 16.8. The van der Waals surface area contributed by atoms with Gasteiger partial charge in [0.05, 0.1) is 30.9 Å². The standard InChI is InChI=1S/C36H33N5O6S/c1-25-32(35(42)40(36(43)33(25)23-37)16-15-26-11-13-30(46-2)14-12-26)22-28-24-41(29-8-4-3-5-9-29)38-34(28)27-7-6-10-31(21-27)48(44,45)39-17-19-47-20-18-39/h3-14,21-22,24H,15-20H2,1-2H3/b32-22+. The third kappa shape index (κ3) is 6.44. The van der Waals surface area contributed by atoms with Crippen molar-refractivity contribution in [1.82, 2.24) is 19.0 Å². The van der Waals surface area contributed by atoms with Crippen molar-refractivity contribution < 1.29 is 27.5 Å². The molecule has 11 nitrogen and oxygen atoms in total. The van der Waals surface area contributed by atoms with Crippen molar-refractivity contribution in [3.63, 3.8) is 0 Å². The number of ether oxygens (including phenoxy) is 2. The number of para-hydroxylation sites is 1. The van der Waals surface area contributed by atoms with Crippen LogP contribution in [0, 0.1) is 11.3 Å². The second-order valence-electron chi connectivity index (χ2n) is 11.3. The number of morpholine rings is 1. The van der Waals surface area contributed by atoms with Gasteiger partial charge in [0.1, 0.15) is 23.1 Å². The molecule has 244 valence electrons. The first-order chi connectivity index (χ1) is 23.2. The third-order valence-corrected chi connectivity index (χ3v) is 10.3. The minimum atomic E-state index is -3.80. The molecule has 3 heterocycles. The van der Waals surface area contributed by atoms with Gasteiger partial charge in [0.2, 0.25) is 10.0 Å². The Morgan fingerprint density at radius 3 is 2.40 bits per heavy atom. The number of nitrogens with zero attached hydrogens (tertiary/aromatic N) is 5. The first-order valence-electron chi connectivity index (χ1n) is 15.4. The van der Waals surface area contributed by atoms with E-state index in [9.17, 15) is 23.3 Å². The van der Waals surface area contributed by atoms with Crippen molar-refractivity contribution in [2.24, 2.45) is 0 Å². The third-order valence-electron chi connectivity index (χ3n) is 8.39. The maximum Gasteiger partial charge on any atom is 0.271 e. The van der Waals surface area contributed by atoms with Crippen LogP contribution in [0.25, 0.3) is 23.0 Å². The van der Waals surface area contributed by atoms with Crippen LogP contribution in [0.15, 0.2) is 107 Å². The van der Waals surface area contributed by atoms with Gasteiger partial charge in [-0.3, -0.25) is 14.5 Å². The van der Waals surface area contributed by atoms with E-state index < -0.39 is 21.8 Å². The molecule has 0 atom stereocenters. The Hall–Kier alpha value is -5.35. The molecule has 1 aromatic heterocycles. The van der Waals surface area contributed by atoms with Crippen LogP contribution in [0.1, 0.15) is 18.1 Å². The van der Waals surface area contributed by atoms with Crippen LogP contribution in [0.3, 0.4) is 0 Å². The average molecular weight is 664 g/mol. The monoisotopic (exact) mass is 663 g/mol. The second-order valence-corrected chi connectivity index (χ2v) is 13.2. The predicted octanol–water partition coefficient (Wildman–Crippen LogP) is 4.40. The number of nitriles is 1. The largest absolute Gasteiger partial charge is 0.497 e. The summed E-state index contributed by atoms with van der Waals surface area (Å²) in [6, 6.07) is 25.2. The Kier molecular flexibility index (Phi) is 9.36. The molecule has 4 aromatic rings. The molecule has 0 bridgehead atoms. The first-order valence-corrected chi connectivity index (χ1v) is 16.8. The number of benzene rings is 3. The summed E-state index contributed by atoms with van der Waals surface area (Å²) >= 11 is 0. The number of hydrogen-bond donors (Lipinski definition) is 0. The van der Waals surface area contributed by atoms with Crippen molar-refractivity contribution in [1.29, 1.82) is 5.26 Å². The molecule has 2 amide bonds. The predicted molar refractivity (Wildman–Crippen MR) is 178 cm³/mol. The fourth-order valence-electron chi connectivity index (χ4n) is 5.69. The van der Waals surface area contributed by atoms with Gasteiger partial charge in [-0.15, -0.1) is 0 Å². The van der Waals surface area contributed by atoms with E-state index in [-0.39, 0.29) is 41.2 Å². The van der Waals surface area contributed by atoms with Gasteiger partial charge in [-0.2, -0.15) is 14.7 Å². The molecule has 0 aliphatic carbocycles. The molecule has 0 spiro atoms. The molecule has 1 fully saturated rings. The molecule has 0 radical (unpaired) electrons. The molecule has 3 aromatic carbocycles. The molecular formula is C36H33N5O6S. The lowest BCUT2D eigenvalue weighted by Crippen LogP contribution is -2.43. The SMILES string of the molecule is COc1ccc(CCN2C(=O)C(C#N)=C(C)/C(=C\c3cn(-c4ccccc4)nc3-c3cccc(S(=O)(=O)N4CCOCC4)c3)C2=O)cc1. The number of rotatable bonds is 9. The zero-order chi connectivity index (χ0) is 33.8. The maximum atomic E-state index is 14.0. The van der Waals surface area contributed by atoms with Crippen molar-refractivity contribution in [3.8, 4) is 28.8 Å². The summed E-state index contributed by atoms with van der Waals surface area (Å²) in [6.07, 6.45) is 3.74. The summed E-state index contributed by atoms with van der Waals surface area (Å²) in [4.78, 5) is 28.5. The molecule has 0 N–H and O–H groups in total. The number of imide groups is 1. The van der Waals surface area contributed by atoms with Crippen LogP contribution in [-0.2, 0) is 30.8 Å². The Bertz CT molecular complexity index is 2070. The van der Waals surface area contributed by atoms with Crippen molar-refractivity contribution in [2.45, 2.75) is 18.2 Å². The van der Waals surface area contributed by atoms with E-state index in [0.29, 0.717) is 42.2 Å². The summed E-state index contributed by atoms with van der Waals surface area (Å²) in [6.45, 7) is 2.81. The van der Waals surface area contributed by atoms with Crippen LogP contribution in [0.5, 0.6) is 5.75 Å². The van der Waals surface area contributed by atoms with Crippen molar-refractivity contribution in [2.75, 3.05) is 40.0 Å². The maximum absolute atomic E-state index is 14.0. The summed E-state index contributed by atoms with van der Waals surface area (Å²) < 4.78 is 40.7. The lowest BCUT2D eigenvalue weighted by Gasteiger charge is -2.27.